The first-order chi connectivity index (χ1) is 6.49. The zero-order valence-electron chi connectivity index (χ0n) is 6.76. The number of nitriles is 1. The third-order valence-electron chi connectivity index (χ3n) is 1.59. The maximum absolute atomic E-state index is 12.1. The molecular weight excluding hydrogens is 197 g/mol. The maximum Gasteiger partial charge on any atom is 0.416 e. The van der Waals surface area contributed by atoms with Gasteiger partial charge in [0.15, 0.2) is 0 Å². The lowest BCUT2D eigenvalue weighted by Crippen LogP contribution is -2.06. The van der Waals surface area contributed by atoms with Gasteiger partial charge in [0.1, 0.15) is 6.07 Å². The molecule has 0 saturated heterocycles. The standard InChI is InChI=1S/C8H5F3N2O/c9-8(10,11)6-2-1-5(4-12)7(3-6)13-14/h1-3,13-14H. The third-order valence-corrected chi connectivity index (χ3v) is 1.59. The lowest BCUT2D eigenvalue weighted by molar-refractivity contribution is -0.137. The maximum atomic E-state index is 12.1. The monoisotopic (exact) mass is 202 g/mol. The molecule has 0 atom stereocenters. The number of rotatable bonds is 1. The number of hydrogen-bond donors (Lipinski definition) is 2. The highest BCUT2D eigenvalue weighted by atomic mass is 19.4. The van der Waals surface area contributed by atoms with Crippen LogP contribution in [-0.2, 0) is 6.18 Å². The van der Waals surface area contributed by atoms with Crippen LogP contribution in [0.25, 0.3) is 0 Å². The molecule has 0 unspecified atom stereocenters. The van der Waals surface area contributed by atoms with E-state index in [1.54, 1.807) is 6.07 Å². The minimum absolute atomic E-state index is 0.0551. The molecule has 6 heteroatoms. The van der Waals surface area contributed by atoms with Crippen molar-refractivity contribution in [3.8, 4) is 6.07 Å². The van der Waals surface area contributed by atoms with Gasteiger partial charge in [-0.3, -0.25) is 10.7 Å². The van der Waals surface area contributed by atoms with Crippen LogP contribution in [0.4, 0.5) is 18.9 Å². The predicted octanol–water partition coefficient (Wildman–Crippen LogP) is 2.38. The second-order valence-corrected chi connectivity index (χ2v) is 2.48. The van der Waals surface area contributed by atoms with E-state index in [1.807, 2.05) is 0 Å². The Hall–Kier alpha value is -1.74. The van der Waals surface area contributed by atoms with Crippen LogP contribution in [-0.4, -0.2) is 5.21 Å². The lowest BCUT2D eigenvalue weighted by atomic mass is 10.1. The molecule has 14 heavy (non-hydrogen) atoms. The van der Waals surface area contributed by atoms with Crippen LogP contribution >= 0.6 is 0 Å². The Kier molecular flexibility index (Phi) is 2.63. The Morgan fingerprint density at radius 2 is 2.00 bits per heavy atom. The molecule has 1 rings (SSSR count). The normalized spacial score (nSPS) is 10.8. The summed E-state index contributed by atoms with van der Waals surface area (Å²) >= 11 is 0. The molecule has 0 amide bonds. The summed E-state index contributed by atoms with van der Waals surface area (Å²) in [6.07, 6.45) is -4.49. The molecule has 3 nitrogen and oxygen atoms in total. The average molecular weight is 202 g/mol. The molecule has 0 saturated carbocycles. The minimum Gasteiger partial charge on any atom is -0.291 e. The SMILES string of the molecule is N#Cc1ccc(C(F)(F)F)cc1NO. The predicted molar refractivity (Wildman–Crippen MR) is 41.6 cm³/mol. The summed E-state index contributed by atoms with van der Waals surface area (Å²) in [5.74, 6) is 0. The Morgan fingerprint density at radius 1 is 1.36 bits per heavy atom. The molecule has 2 N–H and O–H groups in total. The Bertz CT molecular complexity index is 381. The van der Waals surface area contributed by atoms with Gasteiger partial charge < -0.3 is 0 Å². The fourth-order valence-electron chi connectivity index (χ4n) is 0.911. The molecule has 0 heterocycles. The number of benzene rings is 1. The molecule has 1 aromatic rings. The van der Waals surface area contributed by atoms with E-state index in [2.05, 4.69) is 0 Å². The molecule has 0 radical (unpaired) electrons. The van der Waals surface area contributed by atoms with E-state index in [-0.39, 0.29) is 11.3 Å². The van der Waals surface area contributed by atoms with Crippen LogP contribution in [0.1, 0.15) is 11.1 Å². The number of halogens is 3. The number of nitrogens with one attached hydrogen (secondary N) is 1. The molecule has 0 aliphatic rings. The zero-order chi connectivity index (χ0) is 10.8. The van der Waals surface area contributed by atoms with Gasteiger partial charge in [-0.05, 0) is 18.2 Å². The van der Waals surface area contributed by atoms with Crippen molar-refractivity contribution in [3.63, 3.8) is 0 Å². The van der Waals surface area contributed by atoms with Gasteiger partial charge in [-0.15, -0.1) is 0 Å². The summed E-state index contributed by atoms with van der Waals surface area (Å²) in [6.45, 7) is 0. The van der Waals surface area contributed by atoms with Crippen LogP contribution in [0.5, 0.6) is 0 Å². The van der Waals surface area contributed by atoms with E-state index in [0.29, 0.717) is 6.07 Å². The fourth-order valence-corrected chi connectivity index (χ4v) is 0.911. The van der Waals surface area contributed by atoms with Gasteiger partial charge in [0.25, 0.3) is 0 Å². The van der Waals surface area contributed by atoms with E-state index in [1.165, 1.54) is 5.48 Å². The highest BCUT2D eigenvalue weighted by Crippen LogP contribution is 2.31. The Labute approximate surface area is 77.3 Å². The smallest absolute Gasteiger partial charge is 0.291 e. The first kappa shape index (κ1) is 10.3. The summed E-state index contributed by atoms with van der Waals surface area (Å²) in [4.78, 5) is 0. The van der Waals surface area contributed by atoms with Crippen molar-refractivity contribution in [1.82, 2.24) is 0 Å². The lowest BCUT2D eigenvalue weighted by Gasteiger charge is -2.08. The number of nitrogens with zero attached hydrogens (tertiary/aromatic N) is 1. The van der Waals surface area contributed by atoms with Gasteiger partial charge in [-0.2, -0.15) is 18.4 Å². The molecule has 74 valence electrons. The Morgan fingerprint density at radius 3 is 2.43 bits per heavy atom. The highest BCUT2D eigenvalue weighted by molar-refractivity contribution is 5.57. The van der Waals surface area contributed by atoms with Crippen LogP contribution < -0.4 is 5.48 Å². The zero-order valence-corrected chi connectivity index (χ0v) is 6.76. The first-order valence-electron chi connectivity index (χ1n) is 3.50. The van der Waals surface area contributed by atoms with Crippen molar-refractivity contribution >= 4 is 5.69 Å². The van der Waals surface area contributed by atoms with Crippen molar-refractivity contribution in [2.24, 2.45) is 0 Å². The van der Waals surface area contributed by atoms with E-state index < -0.39 is 11.7 Å². The summed E-state index contributed by atoms with van der Waals surface area (Å²) < 4.78 is 36.4. The second kappa shape index (κ2) is 3.55. The van der Waals surface area contributed by atoms with Crippen LogP contribution in [0.3, 0.4) is 0 Å². The quantitative estimate of drug-likeness (QED) is 0.687. The van der Waals surface area contributed by atoms with Gasteiger partial charge in [0, 0.05) is 0 Å². The first-order valence-corrected chi connectivity index (χ1v) is 3.50. The van der Waals surface area contributed by atoms with Gasteiger partial charge in [-0.1, -0.05) is 0 Å². The largest absolute Gasteiger partial charge is 0.416 e. The average Bonchev–Trinajstić information content (AvgIpc) is 2.15. The van der Waals surface area contributed by atoms with E-state index >= 15 is 0 Å². The molecule has 0 aliphatic carbocycles. The summed E-state index contributed by atoms with van der Waals surface area (Å²) in [5.41, 5.74) is 0.297. The highest BCUT2D eigenvalue weighted by Gasteiger charge is 2.30. The third kappa shape index (κ3) is 1.95. The van der Waals surface area contributed by atoms with Crippen LogP contribution in [0.2, 0.25) is 0 Å². The fraction of sp³-hybridized carbons (Fsp3) is 0.125. The molecule has 0 aliphatic heterocycles. The number of anilines is 1. The van der Waals surface area contributed by atoms with Crippen molar-refractivity contribution in [2.45, 2.75) is 6.18 Å². The summed E-state index contributed by atoms with van der Waals surface area (Å²) in [6, 6.07) is 4.07. The van der Waals surface area contributed by atoms with Gasteiger partial charge in [0.05, 0.1) is 16.8 Å². The van der Waals surface area contributed by atoms with Crippen LogP contribution in [0.15, 0.2) is 18.2 Å². The van der Waals surface area contributed by atoms with Crippen molar-refractivity contribution in [2.75, 3.05) is 5.48 Å². The van der Waals surface area contributed by atoms with E-state index in [9.17, 15) is 13.2 Å². The van der Waals surface area contributed by atoms with Gasteiger partial charge in [0.2, 0.25) is 0 Å². The van der Waals surface area contributed by atoms with Crippen LogP contribution in [0, 0.1) is 11.3 Å². The van der Waals surface area contributed by atoms with E-state index in [4.69, 9.17) is 10.5 Å². The molecule has 0 bridgehead atoms. The second-order valence-electron chi connectivity index (χ2n) is 2.48. The van der Waals surface area contributed by atoms with Crippen molar-refractivity contribution < 1.29 is 18.4 Å². The van der Waals surface area contributed by atoms with Crippen molar-refractivity contribution in [3.05, 3.63) is 29.3 Å². The minimum atomic E-state index is -4.49. The van der Waals surface area contributed by atoms with Gasteiger partial charge >= 0.3 is 6.18 Å². The number of hydrogen-bond acceptors (Lipinski definition) is 3. The number of alkyl halides is 3. The molecule has 0 fully saturated rings. The van der Waals surface area contributed by atoms with E-state index in [0.717, 1.165) is 12.1 Å². The molecular formula is C8H5F3N2O. The van der Waals surface area contributed by atoms with Crippen molar-refractivity contribution in [1.29, 1.82) is 5.26 Å². The molecule has 0 spiro atoms. The topological polar surface area (TPSA) is 56.0 Å². The summed E-state index contributed by atoms with van der Waals surface area (Å²) in [5, 5.41) is 16.9. The summed E-state index contributed by atoms with van der Waals surface area (Å²) in [7, 11) is 0. The Balaban J connectivity index is 3.23. The molecule has 1 aromatic carbocycles. The van der Waals surface area contributed by atoms with Gasteiger partial charge in [-0.25, -0.2) is 0 Å². The molecule has 0 aromatic heterocycles.